The van der Waals surface area contributed by atoms with Crippen molar-refractivity contribution < 1.29 is 17.9 Å². The Kier molecular flexibility index (Phi) is 4.94. The van der Waals surface area contributed by atoms with Crippen molar-refractivity contribution in [1.82, 2.24) is 19.9 Å². The van der Waals surface area contributed by atoms with Crippen LogP contribution in [0.4, 0.5) is 19.0 Å². The van der Waals surface area contributed by atoms with Crippen LogP contribution >= 0.6 is 0 Å². The van der Waals surface area contributed by atoms with Crippen LogP contribution in [-0.2, 0) is 0 Å². The summed E-state index contributed by atoms with van der Waals surface area (Å²) in [4.78, 5) is 17.2. The molecule has 2 aromatic heterocycles. The molecule has 0 aliphatic carbocycles. The van der Waals surface area contributed by atoms with Gasteiger partial charge in [0.1, 0.15) is 23.1 Å². The first-order valence-electron chi connectivity index (χ1n) is 8.56. The van der Waals surface area contributed by atoms with Crippen molar-refractivity contribution in [3.8, 4) is 28.4 Å². The van der Waals surface area contributed by atoms with Gasteiger partial charge in [0.2, 0.25) is 0 Å². The highest BCUT2D eigenvalue weighted by atomic mass is 19.3. The predicted octanol–water partition coefficient (Wildman–Crippen LogP) is 4.54. The van der Waals surface area contributed by atoms with Crippen LogP contribution in [0.25, 0.3) is 33.5 Å². The van der Waals surface area contributed by atoms with E-state index in [-0.39, 0.29) is 5.75 Å². The fourth-order valence-corrected chi connectivity index (χ4v) is 2.94. The smallest absolute Gasteiger partial charge is 0.387 e. The molecule has 0 fully saturated rings. The van der Waals surface area contributed by atoms with Gasteiger partial charge in [0, 0.05) is 36.5 Å². The van der Waals surface area contributed by atoms with Gasteiger partial charge in [-0.2, -0.15) is 8.78 Å². The first-order valence-corrected chi connectivity index (χ1v) is 8.56. The Balaban J connectivity index is 1.88. The summed E-state index contributed by atoms with van der Waals surface area (Å²) in [5.74, 6) is 0.00643. The quantitative estimate of drug-likeness (QED) is 0.533. The number of aromatic nitrogens is 4. The van der Waals surface area contributed by atoms with Crippen LogP contribution in [0.1, 0.15) is 0 Å². The van der Waals surface area contributed by atoms with Crippen molar-refractivity contribution in [2.24, 2.45) is 0 Å². The number of anilines is 1. The maximum Gasteiger partial charge on any atom is 0.387 e. The van der Waals surface area contributed by atoms with E-state index in [0.717, 1.165) is 11.5 Å². The topological polar surface area (TPSA) is 72.8 Å². The Labute approximate surface area is 163 Å². The minimum Gasteiger partial charge on any atom is -0.434 e. The van der Waals surface area contributed by atoms with Crippen LogP contribution in [0.5, 0.6) is 5.75 Å². The lowest BCUT2D eigenvalue weighted by Crippen LogP contribution is -2.04. The molecule has 6 nitrogen and oxygen atoms in total. The Morgan fingerprint density at radius 1 is 1.03 bits per heavy atom. The molecule has 0 unspecified atom stereocenters. The van der Waals surface area contributed by atoms with E-state index in [1.54, 1.807) is 37.6 Å². The van der Waals surface area contributed by atoms with Crippen LogP contribution in [0, 0.1) is 5.82 Å². The maximum absolute atomic E-state index is 13.5. The number of nitrogens with one attached hydrogen (secondary N) is 1. The fraction of sp³-hybridized carbons (Fsp3) is 0.100. The van der Waals surface area contributed by atoms with Gasteiger partial charge in [-0.15, -0.1) is 0 Å². The molecule has 29 heavy (non-hydrogen) atoms. The number of hydrogen-bond acceptors (Lipinski definition) is 6. The van der Waals surface area contributed by atoms with Crippen LogP contribution < -0.4 is 10.1 Å². The molecule has 0 saturated carbocycles. The summed E-state index contributed by atoms with van der Waals surface area (Å²) in [6.45, 7) is -3.07. The number of halogens is 3. The molecule has 4 aromatic rings. The molecular weight excluding hydrogens is 383 g/mol. The van der Waals surface area contributed by atoms with E-state index >= 15 is 0 Å². The molecule has 0 atom stereocenters. The normalized spacial score (nSPS) is 11.1. The lowest BCUT2D eigenvalue weighted by molar-refractivity contribution is -0.0495. The SMILES string of the molecule is CNc1nc(-c2cnccn2)nc2cc(-c3ccc(F)cc3OC(F)F)ccc12. The Morgan fingerprint density at radius 2 is 1.90 bits per heavy atom. The second-order valence-corrected chi connectivity index (χ2v) is 5.99. The molecule has 2 heterocycles. The number of hydrogen-bond donors (Lipinski definition) is 1. The van der Waals surface area contributed by atoms with Gasteiger partial charge >= 0.3 is 6.61 Å². The van der Waals surface area contributed by atoms with E-state index in [0.29, 0.717) is 34.0 Å². The van der Waals surface area contributed by atoms with Gasteiger partial charge in [-0.3, -0.25) is 4.98 Å². The van der Waals surface area contributed by atoms with Crippen LogP contribution in [0.2, 0.25) is 0 Å². The number of alkyl halides is 2. The van der Waals surface area contributed by atoms with E-state index in [1.807, 2.05) is 0 Å². The third-order valence-electron chi connectivity index (χ3n) is 4.20. The van der Waals surface area contributed by atoms with E-state index in [9.17, 15) is 13.2 Å². The standard InChI is InChI=1S/C20H14F3N5O/c1-24-18-14-4-2-11(13-5-3-12(21)9-17(13)29-20(22)23)8-15(14)27-19(28-18)16-10-25-6-7-26-16/h2-10,20H,1H3,(H,24,27,28). The molecule has 0 aliphatic heterocycles. The molecule has 0 aliphatic rings. The van der Waals surface area contributed by atoms with Crippen molar-refractivity contribution >= 4 is 16.7 Å². The first-order chi connectivity index (χ1) is 14.0. The van der Waals surface area contributed by atoms with Crippen molar-refractivity contribution in [1.29, 1.82) is 0 Å². The lowest BCUT2D eigenvalue weighted by atomic mass is 10.0. The summed E-state index contributed by atoms with van der Waals surface area (Å²) >= 11 is 0. The third-order valence-corrected chi connectivity index (χ3v) is 4.20. The first kappa shape index (κ1) is 18.6. The highest BCUT2D eigenvalue weighted by Gasteiger charge is 2.15. The summed E-state index contributed by atoms with van der Waals surface area (Å²) in [6, 6.07) is 8.66. The Hall–Kier alpha value is -3.75. The van der Waals surface area contributed by atoms with E-state index in [1.165, 1.54) is 18.3 Å². The van der Waals surface area contributed by atoms with Gasteiger partial charge in [0.15, 0.2) is 5.82 Å². The van der Waals surface area contributed by atoms with Gasteiger partial charge in [-0.05, 0) is 29.8 Å². The van der Waals surface area contributed by atoms with Gasteiger partial charge in [0.25, 0.3) is 0 Å². The largest absolute Gasteiger partial charge is 0.434 e. The Bertz CT molecular complexity index is 1170. The van der Waals surface area contributed by atoms with Gasteiger partial charge in [-0.25, -0.2) is 19.3 Å². The summed E-state index contributed by atoms with van der Waals surface area (Å²) < 4.78 is 43.5. The van der Waals surface area contributed by atoms with Crippen molar-refractivity contribution in [2.45, 2.75) is 6.61 Å². The zero-order chi connectivity index (χ0) is 20.4. The molecular formula is C20H14F3N5O. The summed E-state index contributed by atoms with van der Waals surface area (Å²) in [5, 5.41) is 3.74. The molecule has 0 radical (unpaired) electrons. The van der Waals surface area contributed by atoms with Gasteiger partial charge < -0.3 is 10.1 Å². The molecule has 0 bridgehead atoms. The third kappa shape index (κ3) is 3.79. The minimum absolute atomic E-state index is 0.253. The summed E-state index contributed by atoms with van der Waals surface area (Å²) in [5.41, 5.74) is 1.90. The molecule has 0 saturated heterocycles. The maximum atomic E-state index is 13.5. The number of rotatable bonds is 5. The zero-order valence-corrected chi connectivity index (χ0v) is 15.1. The monoisotopic (exact) mass is 397 g/mol. The number of ether oxygens (including phenoxy) is 1. The van der Waals surface area contributed by atoms with E-state index in [4.69, 9.17) is 0 Å². The molecule has 2 aromatic carbocycles. The lowest BCUT2D eigenvalue weighted by Gasteiger charge is -2.13. The minimum atomic E-state index is -3.07. The Morgan fingerprint density at radius 3 is 2.62 bits per heavy atom. The molecule has 0 amide bonds. The van der Waals surface area contributed by atoms with Gasteiger partial charge in [-0.1, -0.05) is 6.07 Å². The average Bonchev–Trinajstić information content (AvgIpc) is 2.73. The van der Waals surface area contributed by atoms with E-state index < -0.39 is 12.4 Å². The second-order valence-electron chi connectivity index (χ2n) is 5.99. The predicted molar refractivity (Wildman–Crippen MR) is 102 cm³/mol. The van der Waals surface area contributed by atoms with Crippen molar-refractivity contribution in [3.05, 3.63) is 60.8 Å². The second kappa shape index (κ2) is 7.70. The average molecular weight is 397 g/mol. The highest BCUT2D eigenvalue weighted by molar-refractivity contribution is 5.93. The van der Waals surface area contributed by atoms with Crippen molar-refractivity contribution in [2.75, 3.05) is 12.4 Å². The van der Waals surface area contributed by atoms with E-state index in [2.05, 4.69) is 30.0 Å². The molecule has 9 heteroatoms. The van der Waals surface area contributed by atoms with Crippen LogP contribution in [0.15, 0.2) is 55.0 Å². The summed E-state index contributed by atoms with van der Waals surface area (Å²) in [7, 11) is 1.73. The fourth-order valence-electron chi connectivity index (χ4n) is 2.94. The van der Waals surface area contributed by atoms with Crippen LogP contribution in [0.3, 0.4) is 0 Å². The number of fused-ring (bicyclic) bond motifs is 1. The highest BCUT2D eigenvalue weighted by Crippen LogP contribution is 2.34. The van der Waals surface area contributed by atoms with Gasteiger partial charge in [0.05, 0.1) is 11.7 Å². The zero-order valence-electron chi connectivity index (χ0n) is 15.1. The molecule has 1 N–H and O–H groups in total. The molecule has 0 spiro atoms. The number of benzene rings is 2. The van der Waals surface area contributed by atoms with Crippen molar-refractivity contribution in [3.63, 3.8) is 0 Å². The van der Waals surface area contributed by atoms with Crippen LogP contribution in [-0.4, -0.2) is 33.6 Å². The number of nitrogens with zero attached hydrogens (tertiary/aromatic N) is 4. The molecule has 146 valence electrons. The summed E-state index contributed by atoms with van der Waals surface area (Å²) in [6.07, 6.45) is 4.62. The molecule has 4 rings (SSSR count).